The minimum absolute atomic E-state index is 0.000463. The van der Waals surface area contributed by atoms with E-state index in [4.69, 9.17) is 14.6 Å². The molecule has 0 heterocycles. The third kappa shape index (κ3) is 84.4. The molecule has 0 fully saturated rings. The molecule has 0 aliphatic carbocycles. The minimum atomic E-state index is -0.335. The number of hydrogen-bond donors (Lipinski definition) is 1. The van der Waals surface area contributed by atoms with Crippen molar-refractivity contribution in [1.29, 1.82) is 0 Å². The molecule has 0 aliphatic rings. The Hall–Kier alpha value is -4.36. The molecule has 7 heteroatoms. The molecule has 2 atom stereocenters. The number of hydrogen-bond acceptors (Lipinski definition) is 7. The van der Waals surface area contributed by atoms with Gasteiger partial charge < -0.3 is 14.6 Å². The highest BCUT2D eigenvalue weighted by molar-refractivity contribution is 5.95. The molecular weight excluding hydrogens is 917 g/mol. The maximum Gasteiger partial charge on any atom is 0.333 e. The largest absolute Gasteiger partial charge is 0.460 e. The molecule has 0 radical (unpaired) electrons. The van der Waals surface area contributed by atoms with Gasteiger partial charge in [0.2, 0.25) is 0 Å². The molecule has 2 unspecified atom stereocenters. The summed E-state index contributed by atoms with van der Waals surface area (Å²) in [6, 6.07) is 8.59. The maximum atomic E-state index is 11.0. The van der Waals surface area contributed by atoms with Gasteiger partial charge in [-0.3, -0.25) is 9.59 Å². The van der Waals surface area contributed by atoms with Gasteiger partial charge in [0.15, 0.2) is 11.6 Å². The van der Waals surface area contributed by atoms with E-state index in [-0.39, 0.29) is 47.5 Å². The van der Waals surface area contributed by atoms with E-state index in [9.17, 15) is 19.2 Å². The molecule has 0 spiro atoms. The first-order chi connectivity index (χ1) is 33.9. The Morgan fingerprint density at radius 1 is 0.527 bits per heavy atom. The van der Waals surface area contributed by atoms with Gasteiger partial charge in [0, 0.05) is 30.1 Å². The van der Waals surface area contributed by atoms with Gasteiger partial charge in [-0.15, -0.1) is 13.2 Å². The molecule has 0 saturated heterocycles. The number of aliphatic hydroxyl groups is 1. The predicted molar refractivity (Wildman–Crippen MR) is 330 cm³/mol. The Morgan fingerprint density at radius 3 is 1.09 bits per heavy atom. The zero-order valence-electron chi connectivity index (χ0n) is 52.9. The monoisotopic (exact) mass is 1040 g/mol. The van der Waals surface area contributed by atoms with Crippen molar-refractivity contribution >= 4 is 29.6 Å². The topological polar surface area (TPSA) is 107 Å². The van der Waals surface area contributed by atoms with Crippen LogP contribution in [-0.2, 0) is 35.1 Å². The van der Waals surface area contributed by atoms with E-state index in [0.717, 1.165) is 55.8 Å². The van der Waals surface area contributed by atoms with Crippen LogP contribution in [0.15, 0.2) is 106 Å². The van der Waals surface area contributed by atoms with Gasteiger partial charge in [0.25, 0.3) is 0 Å². The number of ether oxygens (including phenoxy) is 2. The first kappa shape index (κ1) is 86.4. The van der Waals surface area contributed by atoms with Gasteiger partial charge in [0.05, 0.1) is 12.2 Å². The Balaban J connectivity index is -0.000000112. The number of Topliss-reactive ketones (excluding diaryl/α,β-unsaturated/α-hetero) is 1. The summed E-state index contributed by atoms with van der Waals surface area (Å²) >= 11 is 0. The average molecular weight is 1040 g/mol. The number of allylic oxidation sites excluding steroid dienone is 4. The van der Waals surface area contributed by atoms with Gasteiger partial charge in [-0.2, -0.15) is 0 Å². The number of carbonyl (C=O) groups excluding carboxylic acids is 4. The minimum Gasteiger partial charge on any atom is -0.460 e. The lowest BCUT2D eigenvalue weighted by molar-refractivity contribution is -0.144. The molecule has 0 aromatic heterocycles. The molecule has 432 valence electrons. The third-order valence-electron chi connectivity index (χ3n) is 9.08. The van der Waals surface area contributed by atoms with Crippen LogP contribution in [-0.4, -0.2) is 47.4 Å². The van der Waals surface area contributed by atoms with Crippen LogP contribution in [0.5, 0.6) is 0 Å². The van der Waals surface area contributed by atoms with Crippen LogP contribution in [0.25, 0.3) is 6.08 Å². The van der Waals surface area contributed by atoms with E-state index < -0.39 is 0 Å². The van der Waals surface area contributed by atoms with Crippen LogP contribution >= 0.6 is 0 Å². The molecule has 1 rings (SSSR count). The summed E-state index contributed by atoms with van der Waals surface area (Å²) in [4.78, 5) is 42.8. The van der Waals surface area contributed by atoms with Gasteiger partial charge >= 0.3 is 11.9 Å². The summed E-state index contributed by atoms with van der Waals surface area (Å²) in [6.45, 7) is 74.2. The summed E-state index contributed by atoms with van der Waals surface area (Å²) in [6.07, 6.45) is 14.7. The molecule has 7 nitrogen and oxygen atoms in total. The highest BCUT2D eigenvalue weighted by Crippen LogP contribution is 2.12. The average Bonchev–Trinajstić information content (AvgIpc) is 3.26. The van der Waals surface area contributed by atoms with Gasteiger partial charge in [-0.1, -0.05) is 214 Å². The van der Waals surface area contributed by atoms with E-state index in [1.54, 1.807) is 13.8 Å². The Labute approximate surface area is 461 Å². The lowest BCUT2D eigenvalue weighted by atomic mass is 10.0. The second-order valence-corrected chi connectivity index (χ2v) is 22.6. The van der Waals surface area contributed by atoms with Crippen molar-refractivity contribution in [1.82, 2.24) is 0 Å². The summed E-state index contributed by atoms with van der Waals surface area (Å²) in [5.74, 6) is 5.53. The van der Waals surface area contributed by atoms with Crippen LogP contribution in [0.1, 0.15) is 209 Å². The Bertz CT molecular complexity index is 1560. The summed E-state index contributed by atoms with van der Waals surface area (Å²) in [5, 5.41) is 8.24. The first-order valence-corrected chi connectivity index (χ1v) is 27.5. The van der Waals surface area contributed by atoms with E-state index in [1.807, 2.05) is 59.8 Å². The van der Waals surface area contributed by atoms with Crippen LogP contribution in [0.2, 0.25) is 0 Å². The van der Waals surface area contributed by atoms with Crippen molar-refractivity contribution in [2.75, 3.05) is 6.61 Å². The normalized spacial score (nSPS) is 10.7. The van der Waals surface area contributed by atoms with Gasteiger partial charge in [-0.05, 0) is 136 Å². The molecule has 1 N–H and O–H groups in total. The van der Waals surface area contributed by atoms with E-state index in [1.165, 1.54) is 29.7 Å². The van der Waals surface area contributed by atoms with Crippen molar-refractivity contribution in [3.8, 4) is 0 Å². The number of carbonyl (C=O) groups is 4. The van der Waals surface area contributed by atoms with Crippen LogP contribution < -0.4 is 0 Å². The zero-order chi connectivity index (χ0) is 60.3. The zero-order valence-corrected chi connectivity index (χ0v) is 52.9. The smallest absolute Gasteiger partial charge is 0.333 e. The fourth-order valence-corrected chi connectivity index (χ4v) is 5.48. The molecule has 74 heavy (non-hydrogen) atoms. The summed E-state index contributed by atoms with van der Waals surface area (Å²) in [5.41, 5.74) is 3.73. The van der Waals surface area contributed by atoms with Gasteiger partial charge in [0.1, 0.15) is 0 Å². The van der Waals surface area contributed by atoms with Crippen molar-refractivity contribution in [2.45, 2.75) is 217 Å². The number of esters is 2. The quantitative estimate of drug-likeness (QED) is 0.0700. The fraction of sp³-hybridized carbons (Fsp3) is 0.642. The fourth-order valence-electron chi connectivity index (χ4n) is 5.48. The second kappa shape index (κ2) is 57.9. The summed E-state index contributed by atoms with van der Waals surface area (Å²) in [7, 11) is 0. The van der Waals surface area contributed by atoms with E-state index >= 15 is 0 Å². The van der Waals surface area contributed by atoms with Crippen LogP contribution in [0.3, 0.4) is 0 Å². The van der Waals surface area contributed by atoms with Crippen LogP contribution in [0, 0.1) is 59.2 Å². The van der Waals surface area contributed by atoms with Crippen molar-refractivity contribution in [2.24, 2.45) is 59.2 Å². The number of benzene rings is 1. The van der Waals surface area contributed by atoms with Crippen molar-refractivity contribution < 1.29 is 33.8 Å². The Morgan fingerprint density at radius 2 is 0.932 bits per heavy atom. The van der Waals surface area contributed by atoms with Gasteiger partial charge in [-0.25, -0.2) is 9.59 Å². The maximum absolute atomic E-state index is 11.0. The summed E-state index contributed by atoms with van der Waals surface area (Å²) < 4.78 is 10.0. The second-order valence-electron chi connectivity index (χ2n) is 22.6. The van der Waals surface area contributed by atoms with E-state index in [2.05, 4.69) is 181 Å². The predicted octanol–water partition coefficient (Wildman–Crippen LogP) is 19.2. The number of aliphatic hydroxyl groups excluding tert-OH is 1. The highest BCUT2D eigenvalue weighted by Gasteiger charge is 2.11. The number of ketones is 2. The first-order valence-electron chi connectivity index (χ1n) is 27.5. The van der Waals surface area contributed by atoms with E-state index in [0.29, 0.717) is 41.4 Å². The Kier molecular flexibility index (Phi) is 67.6. The van der Waals surface area contributed by atoms with Crippen molar-refractivity contribution in [3.63, 3.8) is 0 Å². The molecule has 0 amide bonds. The molecule has 0 saturated carbocycles. The molecule has 0 aliphatic heterocycles. The molecule has 1 aromatic carbocycles. The standard InChI is InChI=1S/C12H16.C10H18O2.C9H16O2.C7H12O.C7H16.C6H10O.C6H12.C5H12O.C5H10/c1-4-11-5-7-12(8-6-11)9-10(2)3;1-7(2)6-9(5)12-10(11)8(3)4;1-5-9(10)11-8(4)6-7(2)3;1-5(2)7(8)6(3)4;1-6(2)5-7(3)4;1-4-6(7)5(2)3;1-4-5-6(2)3;1-5(2)3-4-6;1-4-5(2)3/h4-8,10H,1,9H2,2-3H3;7,9H,3,6H2,1-2,4-5H3;5,7-8H,1,6H2,2-4H3;6H,1H2,2-4H3;6-7H,5H2,1-4H3;4-5H,1H2,2-3H3;4,6H,1,5H2,2-3H3;5-6H,3-4H2,1-2H3;4-5H,1H2,2-3H3. The van der Waals surface area contributed by atoms with Crippen molar-refractivity contribution in [3.05, 3.63) is 117 Å². The van der Waals surface area contributed by atoms with Crippen LogP contribution in [0.4, 0.5) is 0 Å². The lowest BCUT2D eigenvalue weighted by Crippen LogP contribution is -2.16. The lowest BCUT2D eigenvalue weighted by Gasteiger charge is -2.14. The SMILES string of the molecule is C=C(C)C(=O)C(C)C.C=C(C)C(=O)OC(C)CC(C)C.C=CC(=O)C(C)C.C=CC(=O)OC(C)CC(C)C.C=CC(C)C.C=CCC(C)C.C=Cc1ccc(CC(C)C)cc1.CC(C)CC(C)C.CC(C)CCO. The molecule has 1 aromatic rings. The highest BCUT2D eigenvalue weighted by atomic mass is 16.5. The third-order valence-corrected chi connectivity index (χ3v) is 9.08. The number of rotatable bonds is 22. The molecule has 0 bridgehead atoms. The molecular formula is C67H122O7.